The highest BCUT2D eigenvalue weighted by atomic mass is 19.3. The minimum absolute atomic E-state index is 0.202. The van der Waals surface area contributed by atoms with Crippen molar-refractivity contribution in [3.05, 3.63) is 24.3 Å². The van der Waals surface area contributed by atoms with Gasteiger partial charge in [-0.1, -0.05) is 12.1 Å². The van der Waals surface area contributed by atoms with Crippen LogP contribution in [0, 0.1) is 0 Å². The number of rotatable bonds is 6. The third-order valence-electron chi connectivity index (χ3n) is 6.07. The van der Waals surface area contributed by atoms with Gasteiger partial charge in [-0.05, 0) is 18.6 Å². The lowest BCUT2D eigenvalue weighted by Gasteiger charge is -2.47. The van der Waals surface area contributed by atoms with Gasteiger partial charge in [-0.2, -0.15) is 8.78 Å². The molecule has 4 aliphatic rings. The van der Waals surface area contributed by atoms with Crippen molar-refractivity contribution >= 4 is 11.6 Å². The summed E-state index contributed by atoms with van der Waals surface area (Å²) in [5, 5.41) is 6.96. The molecule has 1 aromatic rings. The Bertz CT molecular complexity index is 710. The highest BCUT2D eigenvalue weighted by molar-refractivity contribution is 5.80. The molecule has 0 aromatic heterocycles. The summed E-state index contributed by atoms with van der Waals surface area (Å²) in [5.41, 5.74) is 0.708. The molecule has 160 valence electrons. The van der Waals surface area contributed by atoms with Crippen molar-refractivity contribution in [1.82, 2.24) is 20.4 Å². The number of para-hydroxylation sites is 2. The van der Waals surface area contributed by atoms with Gasteiger partial charge in [-0.3, -0.25) is 14.8 Å². The first-order valence-electron chi connectivity index (χ1n) is 10.3. The van der Waals surface area contributed by atoms with E-state index in [9.17, 15) is 8.78 Å². The molecule has 0 aliphatic carbocycles. The fraction of sp³-hybridized carbons (Fsp3) is 0.650. The largest absolute Gasteiger partial charge is 0.433 e. The van der Waals surface area contributed by atoms with Crippen molar-refractivity contribution in [3.8, 4) is 5.75 Å². The van der Waals surface area contributed by atoms with E-state index in [1.165, 1.54) is 13.1 Å². The summed E-state index contributed by atoms with van der Waals surface area (Å²) in [5.74, 6) is 1.02. The molecule has 0 spiro atoms. The van der Waals surface area contributed by atoms with Gasteiger partial charge in [0.1, 0.15) is 5.75 Å². The van der Waals surface area contributed by atoms with Gasteiger partial charge in [0, 0.05) is 71.5 Å². The van der Waals surface area contributed by atoms with Crippen molar-refractivity contribution in [2.75, 3.05) is 64.3 Å². The highest BCUT2D eigenvalue weighted by Crippen LogP contribution is 2.31. The molecule has 4 saturated heterocycles. The molecule has 7 nitrogen and oxygen atoms in total. The average molecular weight is 408 g/mol. The van der Waals surface area contributed by atoms with Gasteiger partial charge in [0.05, 0.1) is 5.69 Å². The predicted octanol–water partition coefficient (Wildman–Crippen LogP) is 1.03. The SMILES string of the molecule is CN=C(NCC1CN2CCN1CC2)NC1CCN(c2ccccc2OC(F)F)C1. The number of guanidine groups is 1. The second-order valence-corrected chi connectivity index (χ2v) is 7.87. The summed E-state index contributed by atoms with van der Waals surface area (Å²) in [6.07, 6.45) is 0.910. The van der Waals surface area contributed by atoms with E-state index in [0.717, 1.165) is 45.1 Å². The standard InChI is InChI=1S/C20H30F2N6O/c1-23-20(24-12-16-14-26-8-10-27(16)11-9-26)25-15-6-7-28(13-15)17-4-2-3-5-18(17)29-19(21)22/h2-5,15-16,19H,6-14H2,1H3,(H2,23,24,25). The summed E-state index contributed by atoms with van der Waals surface area (Å²) in [6, 6.07) is 7.70. The Balaban J connectivity index is 1.29. The van der Waals surface area contributed by atoms with Crippen LogP contribution in [-0.2, 0) is 0 Å². The molecule has 4 aliphatic heterocycles. The van der Waals surface area contributed by atoms with Crippen LogP contribution in [-0.4, -0.2) is 93.9 Å². The van der Waals surface area contributed by atoms with E-state index < -0.39 is 6.61 Å². The molecule has 0 saturated carbocycles. The summed E-state index contributed by atoms with van der Waals surface area (Å²) < 4.78 is 30.1. The third-order valence-corrected chi connectivity index (χ3v) is 6.07. The summed E-state index contributed by atoms with van der Waals surface area (Å²) in [6.45, 7) is 5.32. The van der Waals surface area contributed by atoms with Gasteiger partial charge < -0.3 is 20.3 Å². The molecule has 0 radical (unpaired) electrons. The number of alkyl halides is 2. The van der Waals surface area contributed by atoms with Crippen molar-refractivity contribution in [1.29, 1.82) is 0 Å². The fourth-order valence-electron chi connectivity index (χ4n) is 4.53. The average Bonchev–Trinajstić information content (AvgIpc) is 3.20. The Morgan fingerprint density at radius 3 is 2.66 bits per heavy atom. The molecule has 1 aromatic carbocycles. The maximum atomic E-state index is 12.7. The number of nitrogens with one attached hydrogen (secondary N) is 2. The number of piperazine rings is 3. The number of benzene rings is 1. The van der Waals surface area contributed by atoms with Crippen LogP contribution in [0.2, 0.25) is 0 Å². The lowest BCUT2D eigenvalue weighted by molar-refractivity contribution is -0.0495. The van der Waals surface area contributed by atoms with Crippen LogP contribution < -0.4 is 20.3 Å². The molecule has 5 rings (SSSR count). The first-order valence-corrected chi connectivity index (χ1v) is 10.3. The molecule has 29 heavy (non-hydrogen) atoms. The summed E-state index contributed by atoms with van der Waals surface area (Å²) >= 11 is 0. The quantitative estimate of drug-likeness (QED) is 0.542. The van der Waals surface area contributed by atoms with E-state index in [2.05, 4.69) is 35.1 Å². The van der Waals surface area contributed by atoms with Crippen molar-refractivity contribution in [2.45, 2.75) is 25.1 Å². The number of anilines is 1. The fourth-order valence-corrected chi connectivity index (χ4v) is 4.53. The van der Waals surface area contributed by atoms with Crippen LogP contribution in [0.15, 0.2) is 29.3 Å². The van der Waals surface area contributed by atoms with Crippen LogP contribution in [0.25, 0.3) is 0 Å². The van der Waals surface area contributed by atoms with Crippen LogP contribution in [0.5, 0.6) is 5.75 Å². The van der Waals surface area contributed by atoms with Gasteiger partial charge in [0.15, 0.2) is 5.96 Å². The molecule has 0 amide bonds. The number of aliphatic imine (C=N–C) groups is 1. The molecular weight excluding hydrogens is 378 g/mol. The normalized spacial score (nSPS) is 29.4. The van der Waals surface area contributed by atoms with Crippen LogP contribution >= 0.6 is 0 Å². The van der Waals surface area contributed by atoms with E-state index in [4.69, 9.17) is 0 Å². The number of hydrogen-bond acceptors (Lipinski definition) is 5. The minimum atomic E-state index is -2.82. The third kappa shape index (κ3) is 4.90. The number of hydrogen-bond donors (Lipinski definition) is 2. The Labute approximate surface area is 170 Å². The zero-order valence-electron chi connectivity index (χ0n) is 16.9. The second-order valence-electron chi connectivity index (χ2n) is 7.87. The molecule has 4 heterocycles. The lowest BCUT2D eigenvalue weighted by Crippen LogP contribution is -2.64. The van der Waals surface area contributed by atoms with E-state index in [-0.39, 0.29) is 11.8 Å². The topological polar surface area (TPSA) is 55.4 Å². The number of nitrogens with zero attached hydrogens (tertiary/aromatic N) is 4. The Kier molecular flexibility index (Phi) is 6.34. The summed E-state index contributed by atoms with van der Waals surface area (Å²) in [4.78, 5) is 11.5. The van der Waals surface area contributed by atoms with Crippen molar-refractivity contribution in [3.63, 3.8) is 0 Å². The highest BCUT2D eigenvalue weighted by Gasteiger charge is 2.32. The van der Waals surface area contributed by atoms with Gasteiger partial charge in [0.2, 0.25) is 0 Å². The minimum Gasteiger partial charge on any atom is -0.433 e. The van der Waals surface area contributed by atoms with Gasteiger partial charge >= 0.3 is 6.61 Å². The van der Waals surface area contributed by atoms with Crippen molar-refractivity contribution < 1.29 is 13.5 Å². The Morgan fingerprint density at radius 1 is 1.17 bits per heavy atom. The molecule has 9 heteroatoms. The van der Waals surface area contributed by atoms with Crippen LogP contribution in [0.3, 0.4) is 0 Å². The lowest BCUT2D eigenvalue weighted by atomic mass is 10.1. The monoisotopic (exact) mass is 408 g/mol. The number of fused-ring (bicyclic) bond motifs is 3. The molecular formula is C20H30F2N6O. The Hall–Kier alpha value is -2.13. The maximum Gasteiger partial charge on any atom is 0.387 e. The van der Waals surface area contributed by atoms with Crippen molar-refractivity contribution in [2.24, 2.45) is 4.99 Å². The molecule has 2 atom stereocenters. The van der Waals surface area contributed by atoms with E-state index >= 15 is 0 Å². The van der Waals surface area contributed by atoms with Gasteiger partial charge in [-0.15, -0.1) is 0 Å². The van der Waals surface area contributed by atoms with Gasteiger partial charge in [0.25, 0.3) is 0 Å². The first kappa shape index (κ1) is 20.2. The van der Waals surface area contributed by atoms with E-state index in [1.54, 1.807) is 19.2 Å². The Morgan fingerprint density at radius 2 is 1.97 bits per heavy atom. The molecule has 4 fully saturated rings. The van der Waals surface area contributed by atoms with Crippen LogP contribution in [0.4, 0.5) is 14.5 Å². The molecule has 2 bridgehead atoms. The number of halogens is 2. The molecule has 2 unspecified atom stereocenters. The summed E-state index contributed by atoms with van der Waals surface area (Å²) in [7, 11) is 1.78. The van der Waals surface area contributed by atoms with Crippen LogP contribution in [0.1, 0.15) is 6.42 Å². The first-order chi connectivity index (χ1) is 14.1. The zero-order valence-corrected chi connectivity index (χ0v) is 16.9. The van der Waals surface area contributed by atoms with E-state index in [1.807, 2.05) is 12.1 Å². The predicted molar refractivity (Wildman–Crippen MR) is 110 cm³/mol. The molecule has 2 N–H and O–H groups in total. The number of ether oxygens (including phenoxy) is 1. The van der Waals surface area contributed by atoms with E-state index in [0.29, 0.717) is 18.3 Å². The zero-order chi connectivity index (χ0) is 20.2. The smallest absolute Gasteiger partial charge is 0.387 e. The maximum absolute atomic E-state index is 12.7. The second kappa shape index (κ2) is 9.13. The van der Waals surface area contributed by atoms with Gasteiger partial charge in [-0.25, -0.2) is 0 Å².